The first-order valence-electron chi connectivity index (χ1n) is 8.38. The Morgan fingerprint density at radius 2 is 1.86 bits per heavy atom. The SMILES string of the molecule is CC1(C)CC[C@H]2CCCC=C2[C@H]1CS(=O)(=O)c1ccccc1. The number of benzene rings is 1. The third-order valence-corrected chi connectivity index (χ3v) is 7.34. The summed E-state index contributed by atoms with van der Waals surface area (Å²) in [5.41, 5.74) is 1.50. The maximum Gasteiger partial charge on any atom is 0.178 e. The monoisotopic (exact) mass is 318 g/mol. The van der Waals surface area contributed by atoms with E-state index in [1.807, 2.05) is 18.2 Å². The van der Waals surface area contributed by atoms with Crippen LogP contribution in [0, 0.1) is 17.3 Å². The molecule has 1 aromatic rings. The van der Waals surface area contributed by atoms with E-state index in [9.17, 15) is 8.42 Å². The van der Waals surface area contributed by atoms with Gasteiger partial charge in [-0.15, -0.1) is 0 Å². The van der Waals surface area contributed by atoms with Crippen LogP contribution in [0.25, 0.3) is 0 Å². The molecule has 0 unspecified atom stereocenters. The van der Waals surface area contributed by atoms with Gasteiger partial charge in [0.2, 0.25) is 0 Å². The van der Waals surface area contributed by atoms with Crippen molar-refractivity contribution in [2.24, 2.45) is 17.3 Å². The van der Waals surface area contributed by atoms with Gasteiger partial charge < -0.3 is 0 Å². The lowest BCUT2D eigenvalue weighted by Crippen LogP contribution is -2.39. The summed E-state index contributed by atoms with van der Waals surface area (Å²) in [4.78, 5) is 0.462. The zero-order chi connectivity index (χ0) is 15.8. The molecule has 0 heterocycles. The highest BCUT2D eigenvalue weighted by molar-refractivity contribution is 7.91. The smallest absolute Gasteiger partial charge is 0.178 e. The Labute approximate surface area is 134 Å². The lowest BCUT2D eigenvalue weighted by molar-refractivity contribution is 0.165. The molecule has 0 aromatic heterocycles. The molecule has 0 saturated heterocycles. The molecule has 2 aliphatic rings. The van der Waals surface area contributed by atoms with Crippen LogP contribution in [-0.4, -0.2) is 14.2 Å². The van der Waals surface area contributed by atoms with E-state index in [1.54, 1.807) is 12.1 Å². The average Bonchev–Trinajstić information content (AvgIpc) is 2.51. The molecule has 22 heavy (non-hydrogen) atoms. The predicted molar refractivity (Wildman–Crippen MR) is 90.4 cm³/mol. The van der Waals surface area contributed by atoms with Gasteiger partial charge in [-0.2, -0.15) is 0 Å². The maximum atomic E-state index is 12.8. The second-order valence-electron chi connectivity index (χ2n) is 7.51. The largest absolute Gasteiger partial charge is 0.224 e. The van der Waals surface area contributed by atoms with E-state index in [1.165, 1.54) is 24.8 Å². The summed E-state index contributed by atoms with van der Waals surface area (Å²) in [6.45, 7) is 4.48. The number of hydrogen-bond acceptors (Lipinski definition) is 2. The first kappa shape index (κ1) is 15.8. The van der Waals surface area contributed by atoms with Gasteiger partial charge in [0.15, 0.2) is 9.84 Å². The van der Waals surface area contributed by atoms with E-state index < -0.39 is 9.84 Å². The highest BCUT2D eigenvalue weighted by Gasteiger charge is 2.42. The zero-order valence-electron chi connectivity index (χ0n) is 13.6. The van der Waals surface area contributed by atoms with Crippen LogP contribution in [0.2, 0.25) is 0 Å². The number of rotatable bonds is 3. The molecule has 0 aliphatic heterocycles. The fourth-order valence-electron chi connectivity index (χ4n) is 4.14. The van der Waals surface area contributed by atoms with Crippen LogP contribution in [0.4, 0.5) is 0 Å². The van der Waals surface area contributed by atoms with Crippen LogP contribution in [0.15, 0.2) is 46.9 Å². The molecule has 3 rings (SSSR count). The topological polar surface area (TPSA) is 34.1 Å². The predicted octanol–water partition coefficient (Wildman–Crippen LogP) is 4.62. The molecular formula is C19H26O2S. The number of fused-ring (bicyclic) bond motifs is 1. The fraction of sp³-hybridized carbons (Fsp3) is 0.579. The molecule has 0 bridgehead atoms. The quantitative estimate of drug-likeness (QED) is 0.762. The molecule has 2 atom stereocenters. The van der Waals surface area contributed by atoms with Crippen LogP contribution in [0.3, 0.4) is 0 Å². The second-order valence-corrected chi connectivity index (χ2v) is 9.54. The molecule has 2 nitrogen and oxygen atoms in total. The molecule has 0 N–H and O–H groups in total. The Hall–Kier alpha value is -1.09. The standard InChI is InChI=1S/C19H26O2S/c1-19(2)13-12-15-8-6-7-11-17(15)18(19)14-22(20,21)16-9-4-3-5-10-16/h3-5,9-11,15,18H,6-8,12-14H2,1-2H3/t15-,18-/m1/s1. The average molecular weight is 318 g/mol. The van der Waals surface area contributed by atoms with Crippen molar-refractivity contribution in [1.29, 1.82) is 0 Å². The van der Waals surface area contributed by atoms with Crippen molar-refractivity contribution in [2.75, 3.05) is 5.75 Å². The molecule has 0 amide bonds. The van der Waals surface area contributed by atoms with E-state index in [-0.39, 0.29) is 17.1 Å². The summed E-state index contributed by atoms with van der Waals surface area (Å²) < 4.78 is 25.7. The molecule has 3 heteroatoms. The van der Waals surface area contributed by atoms with Gasteiger partial charge in [0.05, 0.1) is 10.6 Å². The lowest BCUT2D eigenvalue weighted by atomic mass is 9.61. The normalized spacial score (nSPS) is 27.8. The number of hydrogen-bond donors (Lipinski definition) is 0. The van der Waals surface area contributed by atoms with Crippen molar-refractivity contribution in [2.45, 2.75) is 50.8 Å². The van der Waals surface area contributed by atoms with Gasteiger partial charge in [-0.3, -0.25) is 0 Å². The van der Waals surface area contributed by atoms with Gasteiger partial charge in [0.25, 0.3) is 0 Å². The van der Waals surface area contributed by atoms with Gasteiger partial charge in [-0.05, 0) is 61.5 Å². The lowest BCUT2D eigenvalue weighted by Gasteiger charge is -2.45. The summed E-state index contributed by atoms with van der Waals surface area (Å²) in [6.07, 6.45) is 8.31. The minimum absolute atomic E-state index is 0.0710. The summed E-state index contributed by atoms with van der Waals surface area (Å²) in [5.74, 6) is 1.04. The van der Waals surface area contributed by atoms with Crippen molar-refractivity contribution < 1.29 is 8.42 Å². The highest BCUT2D eigenvalue weighted by Crippen LogP contribution is 2.50. The summed E-state index contributed by atoms with van der Waals surface area (Å²) in [7, 11) is -3.22. The van der Waals surface area contributed by atoms with E-state index in [4.69, 9.17) is 0 Å². The van der Waals surface area contributed by atoms with Gasteiger partial charge in [0, 0.05) is 0 Å². The van der Waals surface area contributed by atoms with Gasteiger partial charge >= 0.3 is 0 Å². The minimum Gasteiger partial charge on any atom is -0.224 e. The molecule has 0 radical (unpaired) electrons. The van der Waals surface area contributed by atoms with E-state index in [0.29, 0.717) is 10.8 Å². The van der Waals surface area contributed by atoms with Crippen molar-refractivity contribution in [3.8, 4) is 0 Å². The van der Waals surface area contributed by atoms with Crippen molar-refractivity contribution in [3.05, 3.63) is 42.0 Å². The van der Waals surface area contributed by atoms with Crippen molar-refractivity contribution in [1.82, 2.24) is 0 Å². The number of sulfone groups is 1. The fourth-order valence-corrected chi connectivity index (χ4v) is 5.99. The van der Waals surface area contributed by atoms with Gasteiger partial charge in [-0.1, -0.05) is 43.7 Å². The summed E-state index contributed by atoms with van der Waals surface area (Å²) in [6, 6.07) is 8.92. The Kier molecular flexibility index (Phi) is 4.19. The van der Waals surface area contributed by atoms with Crippen LogP contribution < -0.4 is 0 Å². The van der Waals surface area contributed by atoms with Crippen molar-refractivity contribution in [3.63, 3.8) is 0 Å². The molecule has 2 aliphatic carbocycles. The van der Waals surface area contributed by atoms with Crippen LogP contribution in [0.5, 0.6) is 0 Å². The van der Waals surface area contributed by atoms with E-state index in [2.05, 4.69) is 19.9 Å². The Balaban J connectivity index is 1.92. The molecule has 1 saturated carbocycles. The summed E-state index contributed by atoms with van der Waals surface area (Å²) >= 11 is 0. The Bertz CT molecular complexity index is 656. The molecule has 120 valence electrons. The Morgan fingerprint density at radius 1 is 1.14 bits per heavy atom. The van der Waals surface area contributed by atoms with Gasteiger partial charge in [-0.25, -0.2) is 8.42 Å². The second kappa shape index (κ2) is 5.84. The zero-order valence-corrected chi connectivity index (χ0v) is 14.4. The first-order valence-corrected chi connectivity index (χ1v) is 10.0. The Morgan fingerprint density at radius 3 is 2.59 bits per heavy atom. The minimum atomic E-state index is -3.22. The molecule has 0 spiro atoms. The molecule has 1 fully saturated rings. The third kappa shape index (κ3) is 3.01. The van der Waals surface area contributed by atoms with Crippen LogP contribution >= 0.6 is 0 Å². The van der Waals surface area contributed by atoms with Crippen LogP contribution in [-0.2, 0) is 9.84 Å². The van der Waals surface area contributed by atoms with E-state index >= 15 is 0 Å². The van der Waals surface area contributed by atoms with Gasteiger partial charge in [0.1, 0.15) is 0 Å². The molecular weight excluding hydrogens is 292 g/mol. The first-order chi connectivity index (χ1) is 10.4. The number of allylic oxidation sites excluding steroid dienone is 2. The van der Waals surface area contributed by atoms with Crippen molar-refractivity contribution >= 4 is 9.84 Å². The third-order valence-electron chi connectivity index (χ3n) is 5.58. The van der Waals surface area contributed by atoms with E-state index in [0.717, 1.165) is 12.8 Å². The van der Waals surface area contributed by atoms with Crippen LogP contribution in [0.1, 0.15) is 46.0 Å². The highest BCUT2D eigenvalue weighted by atomic mass is 32.2. The maximum absolute atomic E-state index is 12.8. The summed E-state index contributed by atoms with van der Waals surface area (Å²) in [5, 5.41) is 0. The molecule has 1 aromatic carbocycles.